The average molecular weight is 406 g/mol. The second kappa shape index (κ2) is 8.59. The fourth-order valence-corrected chi connectivity index (χ4v) is 3.85. The number of benzene rings is 1. The number of aromatic amines is 1. The van der Waals surface area contributed by atoms with E-state index in [9.17, 15) is 4.79 Å². The van der Waals surface area contributed by atoms with Crippen molar-refractivity contribution < 1.29 is 14.3 Å². The number of fused-ring (bicyclic) bond motifs is 1. The molecule has 1 aliphatic rings. The molecule has 0 fully saturated rings. The first kappa shape index (κ1) is 20.0. The minimum atomic E-state index is -0.249. The first-order chi connectivity index (χ1) is 14.6. The van der Waals surface area contributed by atoms with Crippen LogP contribution in [0.2, 0.25) is 0 Å². The van der Waals surface area contributed by atoms with Crippen LogP contribution in [0.3, 0.4) is 0 Å². The zero-order chi connectivity index (χ0) is 21.1. The van der Waals surface area contributed by atoms with Crippen molar-refractivity contribution in [3.05, 3.63) is 54.4 Å². The summed E-state index contributed by atoms with van der Waals surface area (Å²) in [6.07, 6.45) is 6.85. The van der Waals surface area contributed by atoms with E-state index >= 15 is 0 Å². The number of aromatic nitrogens is 2. The Hall–Kier alpha value is -3.32. The molecule has 30 heavy (non-hydrogen) atoms. The van der Waals surface area contributed by atoms with Crippen molar-refractivity contribution in [3.63, 3.8) is 0 Å². The Balaban J connectivity index is 1.43. The molecule has 0 unspecified atom stereocenters. The van der Waals surface area contributed by atoms with Gasteiger partial charge in [-0.1, -0.05) is 6.08 Å². The van der Waals surface area contributed by atoms with E-state index in [-0.39, 0.29) is 11.9 Å². The molecule has 2 N–H and O–H groups in total. The molecule has 0 radical (unpaired) electrons. The van der Waals surface area contributed by atoms with E-state index < -0.39 is 0 Å². The van der Waals surface area contributed by atoms with E-state index in [1.54, 1.807) is 26.4 Å². The fraction of sp³-hybridized carbons (Fsp3) is 0.304. The molecule has 0 bridgehead atoms. The van der Waals surface area contributed by atoms with Crippen LogP contribution >= 0.6 is 0 Å². The molecule has 2 aromatic heterocycles. The fourth-order valence-electron chi connectivity index (χ4n) is 3.85. The van der Waals surface area contributed by atoms with Crippen LogP contribution in [0, 0.1) is 0 Å². The van der Waals surface area contributed by atoms with Gasteiger partial charge in [-0.2, -0.15) is 0 Å². The number of carbonyl (C=O) groups is 1. The molecule has 1 aromatic carbocycles. The Labute approximate surface area is 175 Å². The van der Waals surface area contributed by atoms with Gasteiger partial charge >= 0.3 is 0 Å². The third-order valence-electron chi connectivity index (χ3n) is 5.62. The first-order valence-corrected chi connectivity index (χ1v) is 9.99. The van der Waals surface area contributed by atoms with Gasteiger partial charge in [-0.25, -0.2) is 4.98 Å². The molecule has 1 atom stereocenters. The van der Waals surface area contributed by atoms with Crippen molar-refractivity contribution in [3.8, 4) is 11.5 Å². The van der Waals surface area contributed by atoms with Crippen molar-refractivity contribution in [2.45, 2.75) is 19.4 Å². The number of ether oxygens (including phenoxy) is 2. The van der Waals surface area contributed by atoms with Crippen LogP contribution in [0.5, 0.6) is 11.5 Å². The second-order valence-electron chi connectivity index (χ2n) is 7.31. The van der Waals surface area contributed by atoms with Crippen LogP contribution in [-0.2, 0) is 4.79 Å². The summed E-state index contributed by atoms with van der Waals surface area (Å²) in [5, 5.41) is 4.11. The summed E-state index contributed by atoms with van der Waals surface area (Å²) in [5.41, 5.74) is 4.09. The van der Waals surface area contributed by atoms with Crippen LogP contribution in [0.1, 0.15) is 18.9 Å². The van der Waals surface area contributed by atoms with Crippen LogP contribution in [0.4, 0.5) is 5.69 Å². The Morgan fingerprint density at radius 1 is 1.20 bits per heavy atom. The highest BCUT2D eigenvalue weighted by molar-refractivity contribution is 5.95. The SMILES string of the molecule is COc1ccc(NC(=O)[C@@H](C)N2CC=C(c3ccnc4[nH]ccc34)CC2)cc1OC. The van der Waals surface area contributed by atoms with Gasteiger partial charge in [0.05, 0.1) is 20.3 Å². The second-order valence-corrected chi connectivity index (χ2v) is 7.31. The lowest BCUT2D eigenvalue weighted by atomic mass is 9.97. The summed E-state index contributed by atoms with van der Waals surface area (Å²) in [5.74, 6) is 1.17. The molecular formula is C23H26N4O3. The molecular weight excluding hydrogens is 380 g/mol. The summed E-state index contributed by atoms with van der Waals surface area (Å²) in [6.45, 7) is 3.48. The van der Waals surface area contributed by atoms with E-state index in [4.69, 9.17) is 9.47 Å². The maximum Gasteiger partial charge on any atom is 0.241 e. The number of carbonyl (C=O) groups excluding carboxylic acids is 1. The van der Waals surface area contributed by atoms with Crippen LogP contribution in [-0.4, -0.2) is 54.1 Å². The van der Waals surface area contributed by atoms with Gasteiger partial charge in [0.1, 0.15) is 5.65 Å². The number of H-pyrrole nitrogens is 1. The van der Waals surface area contributed by atoms with Gasteiger partial charge in [0.2, 0.25) is 5.91 Å². The zero-order valence-corrected chi connectivity index (χ0v) is 17.4. The van der Waals surface area contributed by atoms with E-state index in [1.807, 2.05) is 25.4 Å². The number of pyridine rings is 1. The number of hydrogen-bond donors (Lipinski definition) is 2. The molecule has 7 heteroatoms. The maximum atomic E-state index is 12.8. The number of anilines is 1. The molecule has 4 rings (SSSR count). The predicted octanol–water partition coefficient (Wildman–Crippen LogP) is 3.70. The van der Waals surface area contributed by atoms with Gasteiger partial charge in [-0.3, -0.25) is 9.69 Å². The van der Waals surface area contributed by atoms with Gasteiger partial charge in [0.15, 0.2) is 11.5 Å². The molecule has 0 saturated heterocycles. The number of nitrogens with zero attached hydrogens (tertiary/aromatic N) is 2. The number of hydrogen-bond acceptors (Lipinski definition) is 5. The van der Waals surface area contributed by atoms with Crippen LogP contribution < -0.4 is 14.8 Å². The monoisotopic (exact) mass is 406 g/mol. The molecule has 0 aliphatic carbocycles. The number of rotatable bonds is 6. The molecule has 7 nitrogen and oxygen atoms in total. The van der Waals surface area contributed by atoms with Crippen molar-refractivity contribution in [2.75, 3.05) is 32.6 Å². The van der Waals surface area contributed by atoms with Crippen molar-refractivity contribution in [2.24, 2.45) is 0 Å². The van der Waals surface area contributed by atoms with E-state index in [0.717, 1.165) is 30.5 Å². The summed E-state index contributed by atoms with van der Waals surface area (Å²) in [6, 6.07) is 9.23. The largest absolute Gasteiger partial charge is 0.493 e. The lowest BCUT2D eigenvalue weighted by Gasteiger charge is -2.31. The summed E-state index contributed by atoms with van der Waals surface area (Å²) in [7, 11) is 3.16. The Kier molecular flexibility index (Phi) is 5.72. The smallest absolute Gasteiger partial charge is 0.241 e. The highest BCUT2D eigenvalue weighted by Gasteiger charge is 2.24. The van der Waals surface area contributed by atoms with Crippen molar-refractivity contribution in [1.29, 1.82) is 0 Å². The Morgan fingerprint density at radius 2 is 2.03 bits per heavy atom. The lowest BCUT2D eigenvalue weighted by Crippen LogP contribution is -2.44. The summed E-state index contributed by atoms with van der Waals surface area (Å²) in [4.78, 5) is 22.5. The standard InChI is InChI=1S/C23H26N4O3/c1-15(23(28)26-17-4-5-20(29-2)21(14-17)30-3)27-12-8-16(9-13-27)18-6-10-24-22-19(18)7-11-25-22/h4-8,10-11,14-15H,9,12-13H2,1-3H3,(H,24,25)(H,26,28)/t15-/m1/s1. The number of nitrogens with one attached hydrogen (secondary N) is 2. The normalized spacial score (nSPS) is 15.5. The van der Waals surface area contributed by atoms with E-state index in [1.165, 1.54) is 11.1 Å². The first-order valence-electron chi connectivity index (χ1n) is 9.99. The minimum absolute atomic E-state index is 0.0454. The molecule has 3 heterocycles. The maximum absolute atomic E-state index is 12.8. The van der Waals surface area contributed by atoms with E-state index in [2.05, 4.69) is 38.4 Å². The molecule has 0 saturated carbocycles. The van der Waals surface area contributed by atoms with Gasteiger partial charge in [0, 0.05) is 42.6 Å². The van der Waals surface area contributed by atoms with E-state index in [0.29, 0.717) is 17.2 Å². The number of methoxy groups -OCH3 is 2. The third kappa shape index (κ3) is 3.89. The predicted molar refractivity (Wildman–Crippen MR) is 118 cm³/mol. The third-order valence-corrected chi connectivity index (χ3v) is 5.62. The highest BCUT2D eigenvalue weighted by Crippen LogP contribution is 2.31. The zero-order valence-electron chi connectivity index (χ0n) is 17.4. The average Bonchev–Trinajstić information content (AvgIpc) is 3.27. The van der Waals surface area contributed by atoms with Gasteiger partial charge in [-0.05, 0) is 48.7 Å². The van der Waals surface area contributed by atoms with Crippen LogP contribution in [0.15, 0.2) is 48.8 Å². The Bertz CT molecular complexity index is 1090. The summed E-state index contributed by atoms with van der Waals surface area (Å²) >= 11 is 0. The molecule has 1 amide bonds. The minimum Gasteiger partial charge on any atom is -0.493 e. The summed E-state index contributed by atoms with van der Waals surface area (Å²) < 4.78 is 10.6. The van der Waals surface area contributed by atoms with Gasteiger partial charge in [0.25, 0.3) is 0 Å². The lowest BCUT2D eigenvalue weighted by molar-refractivity contribution is -0.120. The highest BCUT2D eigenvalue weighted by atomic mass is 16.5. The van der Waals surface area contributed by atoms with Gasteiger partial charge < -0.3 is 19.8 Å². The van der Waals surface area contributed by atoms with Crippen LogP contribution in [0.25, 0.3) is 16.6 Å². The molecule has 3 aromatic rings. The quantitative estimate of drug-likeness (QED) is 0.653. The number of amides is 1. The van der Waals surface area contributed by atoms with Crippen molar-refractivity contribution in [1.82, 2.24) is 14.9 Å². The van der Waals surface area contributed by atoms with Gasteiger partial charge in [-0.15, -0.1) is 0 Å². The Morgan fingerprint density at radius 3 is 2.77 bits per heavy atom. The van der Waals surface area contributed by atoms with Crippen molar-refractivity contribution >= 4 is 28.2 Å². The topological polar surface area (TPSA) is 79.5 Å². The molecule has 156 valence electrons. The molecule has 0 spiro atoms. The molecule has 1 aliphatic heterocycles.